The molecule has 4 heterocycles. The Balaban J connectivity index is 1.49. The van der Waals surface area contributed by atoms with Crippen LogP contribution in [-0.4, -0.2) is 49.1 Å². The highest BCUT2D eigenvalue weighted by atomic mass is 16.2. The van der Waals surface area contributed by atoms with E-state index in [9.17, 15) is 19.2 Å². The highest BCUT2D eigenvalue weighted by Crippen LogP contribution is 2.49. The van der Waals surface area contributed by atoms with Gasteiger partial charge in [-0.25, -0.2) is 4.68 Å². The number of hydrogen-bond donors (Lipinski definition) is 2. The highest BCUT2D eigenvalue weighted by molar-refractivity contribution is 6.26. The fourth-order valence-corrected chi connectivity index (χ4v) is 4.74. The first-order chi connectivity index (χ1) is 15.0. The fourth-order valence-electron chi connectivity index (χ4n) is 4.74. The third kappa shape index (κ3) is 2.64. The van der Waals surface area contributed by atoms with Crippen LogP contribution in [0, 0.1) is 5.92 Å². The number of anilines is 1. The number of nitrogens with one attached hydrogen (secondary N) is 2. The number of fused-ring (bicyclic) bond motifs is 3. The maximum Gasteiger partial charge on any atom is 0.264 e. The lowest BCUT2D eigenvalue weighted by molar-refractivity contribution is -0.158. The first-order valence-corrected chi connectivity index (χ1v) is 10.6. The van der Waals surface area contributed by atoms with Crippen molar-refractivity contribution in [3.05, 3.63) is 41.2 Å². The molecule has 0 spiro atoms. The Labute approximate surface area is 184 Å². The predicted molar refractivity (Wildman–Crippen MR) is 113 cm³/mol. The number of hydrogen-bond acceptors (Lipinski definition) is 7. The van der Waals surface area contributed by atoms with E-state index in [2.05, 4.69) is 20.9 Å². The van der Waals surface area contributed by atoms with Gasteiger partial charge in [0, 0.05) is 17.6 Å². The van der Waals surface area contributed by atoms with E-state index in [0.717, 1.165) is 4.90 Å². The van der Waals surface area contributed by atoms with Gasteiger partial charge in [-0.15, -0.1) is 5.10 Å². The van der Waals surface area contributed by atoms with Crippen molar-refractivity contribution in [1.82, 2.24) is 25.2 Å². The van der Waals surface area contributed by atoms with E-state index < -0.39 is 28.8 Å². The van der Waals surface area contributed by atoms with E-state index in [1.807, 2.05) is 33.9 Å². The minimum Gasteiger partial charge on any atom is -0.374 e. The average molecular weight is 436 g/mol. The van der Waals surface area contributed by atoms with Gasteiger partial charge in [0.1, 0.15) is 11.2 Å². The van der Waals surface area contributed by atoms with Gasteiger partial charge in [0.25, 0.3) is 17.7 Å². The highest BCUT2D eigenvalue weighted by Gasteiger charge is 2.65. The molecule has 10 nitrogen and oxygen atoms in total. The molecule has 4 amide bonds. The lowest BCUT2D eigenvalue weighted by atomic mass is 9.63. The summed E-state index contributed by atoms with van der Waals surface area (Å²) in [7, 11) is 0. The molecular formula is C22H24N6O4. The van der Waals surface area contributed by atoms with Gasteiger partial charge in [0.2, 0.25) is 5.91 Å². The van der Waals surface area contributed by atoms with Gasteiger partial charge in [-0.2, -0.15) is 0 Å². The summed E-state index contributed by atoms with van der Waals surface area (Å²) in [5.41, 5.74) is -0.352. The number of piperidine rings is 2. The summed E-state index contributed by atoms with van der Waals surface area (Å²) in [6.45, 7) is 7.83. The third-order valence-corrected chi connectivity index (χ3v) is 6.67. The average Bonchev–Trinajstić information content (AvgIpc) is 3.27. The van der Waals surface area contributed by atoms with Crippen molar-refractivity contribution in [2.75, 3.05) is 5.32 Å². The van der Waals surface area contributed by atoms with Crippen LogP contribution in [0.1, 0.15) is 73.0 Å². The van der Waals surface area contributed by atoms with Crippen LogP contribution >= 0.6 is 0 Å². The fraction of sp³-hybridized carbons (Fsp3) is 0.455. The van der Waals surface area contributed by atoms with Crippen molar-refractivity contribution < 1.29 is 19.2 Å². The summed E-state index contributed by atoms with van der Waals surface area (Å²) in [5, 5.41) is 14.0. The maximum atomic E-state index is 13.5. The molecule has 2 bridgehead atoms. The van der Waals surface area contributed by atoms with E-state index in [-0.39, 0.29) is 41.8 Å². The Morgan fingerprint density at radius 1 is 1.16 bits per heavy atom. The van der Waals surface area contributed by atoms with Gasteiger partial charge in [-0.1, -0.05) is 11.3 Å². The molecular weight excluding hydrogens is 412 g/mol. The lowest BCUT2D eigenvalue weighted by Crippen LogP contribution is -2.74. The first-order valence-electron chi connectivity index (χ1n) is 10.6. The topological polar surface area (TPSA) is 126 Å². The molecule has 1 aliphatic carbocycles. The van der Waals surface area contributed by atoms with Crippen LogP contribution in [0.2, 0.25) is 0 Å². The Hall–Kier alpha value is -3.56. The van der Waals surface area contributed by atoms with E-state index in [4.69, 9.17) is 0 Å². The van der Waals surface area contributed by atoms with Crippen LogP contribution in [0.15, 0.2) is 24.4 Å². The molecule has 3 fully saturated rings. The number of rotatable bonds is 5. The lowest BCUT2D eigenvalue weighted by Gasteiger charge is -2.52. The standard InChI is InChI=1S/C22H24N6O4/c1-11(2)27-10-15(25-26-27)21(3,4)24-14-7-5-6-13-16(14)19(31)28(18(13)30)22-8-12(9-22)17(29)23-20(22)32/h5-7,10-12,24H,8-9H2,1-4H3,(H,23,29,32). The van der Waals surface area contributed by atoms with Crippen LogP contribution in [0.4, 0.5) is 5.69 Å². The predicted octanol–water partition coefficient (Wildman–Crippen LogP) is 1.61. The van der Waals surface area contributed by atoms with Gasteiger partial charge < -0.3 is 5.32 Å². The largest absolute Gasteiger partial charge is 0.374 e. The monoisotopic (exact) mass is 436 g/mol. The zero-order chi connectivity index (χ0) is 23.0. The molecule has 6 rings (SSSR count). The summed E-state index contributed by atoms with van der Waals surface area (Å²) < 4.78 is 1.75. The molecule has 2 saturated heterocycles. The number of nitrogens with zero attached hydrogens (tertiary/aromatic N) is 4. The number of aromatic nitrogens is 3. The minimum atomic E-state index is -1.29. The number of amides is 4. The van der Waals surface area contributed by atoms with E-state index in [1.165, 1.54) is 0 Å². The zero-order valence-corrected chi connectivity index (χ0v) is 18.3. The Kier molecular flexibility index (Phi) is 4.12. The molecule has 10 heteroatoms. The van der Waals surface area contributed by atoms with Gasteiger partial charge >= 0.3 is 0 Å². The summed E-state index contributed by atoms with van der Waals surface area (Å²) in [6, 6.07) is 5.16. The van der Waals surface area contributed by atoms with Crippen molar-refractivity contribution >= 4 is 29.3 Å². The number of carbonyl (C=O) groups excluding carboxylic acids is 4. The second kappa shape index (κ2) is 6.47. The van der Waals surface area contributed by atoms with Crippen molar-refractivity contribution in [1.29, 1.82) is 0 Å². The SMILES string of the molecule is CC(C)n1cc(C(C)(C)Nc2cccc3c2C(=O)N(C24CC(C2)C(=O)NC4=O)C3=O)nn1. The molecule has 1 aromatic heterocycles. The second-order valence-electron chi connectivity index (χ2n) is 9.56. The molecule has 0 atom stereocenters. The molecule has 2 aromatic rings. The molecule has 4 aliphatic rings. The molecule has 32 heavy (non-hydrogen) atoms. The summed E-state index contributed by atoms with van der Waals surface area (Å²) in [4.78, 5) is 52.2. The summed E-state index contributed by atoms with van der Waals surface area (Å²) in [6.07, 6.45) is 2.20. The zero-order valence-electron chi connectivity index (χ0n) is 18.3. The van der Waals surface area contributed by atoms with E-state index in [1.54, 1.807) is 22.9 Å². The van der Waals surface area contributed by atoms with Crippen molar-refractivity contribution in [3.8, 4) is 0 Å². The Morgan fingerprint density at radius 3 is 2.50 bits per heavy atom. The third-order valence-electron chi connectivity index (χ3n) is 6.67. The smallest absolute Gasteiger partial charge is 0.264 e. The van der Waals surface area contributed by atoms with Gasteiger partial charge in [0.15, 0.2) is 0 Å². The maximum absolute atomic E-state index is 13.5. The quantitative estimate of drug-likeness (QED) is 0.682. The Bertz CT molecular complexity index is 1190. The van der Waals surface area contributed by atoms with Crippen LogP contribution in [0.3, 0.4) is 0 Å². The number of imide groups is 2. The van der Waals surface area contributed by atoms with E-state index in [0.29, 0.717) is 11.4 Å². The molecule has 2 N–H and O–H groups in total. The Morgan fingerprint density at radius 2 is 1.88 bits per heavy atom. The van der Waals surface area contributed by atoms with Gasteiger partial charge in [-0.3, -0.25) is 29.4 Å². The van der Waals surface area contributed by atoms with Gasteiger partial charge in [0.05, 0.1) is 22.9 Å². The minimum absolute atomic E-state index is 0.153. The first kappa shape index (κ1) is 20.3. The molecule has 3 aliphatic heterocycles. The summed E-state index contributed by atoms with van der Waals surface area (Å²) >= 11 is 0. The second-order valence-corrected chi connectivity index (χ2v) is 9.56. The van der Waals surface area contributed by atoms with Crippen LogP contribution < -0.4 is 10.6 Å². The summed E-state index contributed by atoms with van der Waals surface area (Å²) in [5.74, 6) is -2.32. The number of carbonyl (C=O) groups is 4. The van der Waals surface area contributed by atoms with Crippen LogP contribution in [0.5, 0.6) is 0 Å². The normalized spacial score (nSPS) is 24.5. The molecule has 0 unspecified atom stereocenters. The molecule has 1 aromatic carbocycles. The van der Waals surface area contributed by atoms with Crippen molar-refractivity contribution in [2.24, 2.45) is 5.92 Å². The van der Waals surface area contributed by atoms with E-state index >= 15 is 0 Å². The van der Waals surface area contributed by atoms with Crippen LogP contribution in [0.25, 0.3) is 0 Å². The van der Waals surface area contributed by atoms with Crippen LogP contribution in [-0.2, 0) is 15.1 Å². The van der Waals surface area contributed by atoms with Crippen molar-refractivity contribution in [3.63, 3.8) is 0 Å². The molecule has 166 valence electrons. The number of benzene rings is 1. The van der Waals surface area contributed by atoms with Crippen molar-refractivity contribution in [2.45, 2.75) is 57.7 Å². The molecule has 0 radical (unpaired) electrons. The van der Waals surface area contributed by atoms with Gasteiger partial charge in [-0.05, 0) is 52.7 Å². The molecule has 1 saturated carbocycles.